The highest BCUT2D eigenvalue weighted by molar-refractivity contribution is 4.94. The van der Waals surface area contributed by atoms with Gasteiger partial charge in [0, 0.05) is 5.41 Å². The van der Waals surface area contributed by atoms with E-state index in [1.807, 2.05) is 19.9 Å². The number of hydrogen-bond acceptors (Lipinski definition) is 2. The number of rotatable bonds is 13. The minimum atomic E-state index is -0.254. The average molecular weight is 284 g/mol. The van der Waals surface area contributed by atoms with E-state index < -0.39 is 0 Å². The molecule has 20 heavy (non-hydrogen) atoms. The van der Waals surface area contributed by atoms with E-state index in [2.05, 4.69) is 20.4 Å². The van der Waals surface area contributed by atoms with Crippen molar-refractivity contribution in [1.29, 1.82) is 0 Å². The molecule has 2 nitrogen and oxygen atoms in total. The van der Waals surface area contributed by atoms with Crippen LogP contribution in [0.5, 0.6) is 0 Å². The molecule has 0 aliphatic heterocycles. The van der Waals surface area contributed by atoms with E-state index in [-0.39, 0.29) is 17.6 Å². The smallest absolute Gasteiger partial charge is 0.0832 e. The van der Waals surface area contributed by atoms with E-state index in [0.717, 1.165) is 6.42 Å². The summed E-state index contributed by atoms with van der Waals surface area (Å²) in [4.78, 5) is 0. The molecule has 0 amide bonds. The Bertz CT molecular complexity index is 248. The van der Waals surface area contributed by atoms with Gasteiger partial charge in [-0.05, 0) is 13.3 Å². The monoisotopic (exact) mass is 284 g/mol. The van der Waals surface area contributed by atoms with E-state index in [1.165, 1.54) is 44.9 Å². The first-order chi connectivity index (χ1) is 9.39. The van der Waals surface area contributed by atoms with Crippen LogP contribution in [0.15, 0.2) is 12.7 Å². The van der Waals surface area contributed by atoms with Crippen molar-refractivity contribution >= 4 is 0 Å². The third-order valence-corrected chi connectivity index (χ3v) is 3.93. The second-order valence-electron chi connectivity index (χ2n) is 7.00. The number of unbranched alkanes of at least 4 members (excludes halogenated alkanes) is 6. The summed E-state index contributed by atoms with van der Waals surface area (Å²) in [6.07, 6.45) is 12.1. The van der Waals surface area contributed by atoms with Crippen LogP contribution in [0.1, 0.15) is 79.1 Å². The molecular weight excluding hydrogens is 248 g/mol. The summed E-state index contributed by atoms with van der Waals surface area (Å²) >= 11 is 0. The Kier molecular flexibility index (Phi) is 10.2. The Morgan fingerprint density at radius 2 is 1.55 bits per heavy atom. The van der Waals surface area contributed by atoms with E-state index in [0.29, 0.717) is 6.61 Å². The predicted molar refractivity (Wildman–Crippen MR) is 88.0 cm³/mol. The minimum Gasteiger partial charge on any atom is -0.396 e. The lowest BCUT2D eigenvalue weighted by molar-refractivity contribution is -0.0546. The third kappa shape index (κ3) is 9.55. The zero-order valence-electron chi connectivity index (χ0n) is 14.2. The van der Waals surface area contributed by atoms with Crippen LogP contribution in [0, 0.1) is 5.41 Å². The molecule has 1 atom stereocenters. The number of aliphatic hydroxyl groups is 1. The SMILES string of the molecule is C=CC(C)(CCCCCCCCC)OCC(C)(C)CO. The Morgan fingerprint density at radius 3 is 2.05 bits per heavy atom. The quantitative estimate of drug-likeness (QED) is 0.376. The van der Waals surface area contributed by atoms with Gasteiger partial charge in [0.25, 0.3) is 0 Å². The van der Waals surface area contributed by atoms with Gasteiger partial charge in [-0.3, -0.25) is 0 Å². The molecule has 0 heterocycles. The summed E-state index contributed by atoms with van der Waals surface area (Å²) in [5.74, 6) is 0. The van der Waals surface area contributed by atoms with Crippen LogP contribution in [0.25, 0.3) is 0 Å². The van der Waals surface area contributed by atoms with Gasteiger partial charge in [0.2, 0.25) is 0 Å². The molecule has 0 radical (unpaired) electrons. The van der Waals surface area contributed by atoms with Crippen LogP contribution in [0.3, 0.4) is 0 Å². The standard InChI is InChI=1S/C18H36O2/c1-6-8-9-10-11-12-13-14-18(5,7-2)20-16-17(3,4)15-19/h7,19H,2,6,8-16H2,1,3-5H3. The lowest BCUT2D eigenvalue weighted by Gasteiger charge is -2.31. The molecule has 0 aliphatic rings. The Balaban J connectivity index is 3.86. The topological polar surface area (TPSA) is 29.5 Å². The van der Waals surface area contributed by atoms with Gasteiger partial charge < -0.3 is 9.84 Å². The molecule has 0 bridgehead atoms. The van der Waals surface area contributed by atoms with Crippen LogP contribution in [-0.4, -0.2) is 23.9 Å². The van der Waals surface area contributed by atoms with E-state index >= 15 is 0 Å². The maximum atomic E-state index is 9.27. The fraction of sp³-hybridized carbons (Fsp3) is 0.889. The number of aliphatic hydroxyl groups excluding tert-OH is 1. The first-order valence-corrected chi connectivity index (χ1v) is 8.27. The Morgan fingerprint density at radius 1 is 1.00 bits per heavy atom. The highest BCUT2D eigenvalue weighted by Crippen LogP contribution is 2.25. The van der Waals surface area contributed by atoms with Crippen molar-refractivity contribution in [3.8, 4) is 0 Å². The maximum Gasteiger partial charge on any atom is 0.0832 e. The molecule has 0 fully saturated rings. The molecule has 2 heteroatoms. The highest BCUT2D eigenvalue weighted by atomic mass is 16.5. The molecule has 120 valence electrons. The minimum absolute atomic E-state index is 0.150. The lowest BCUT2D eigenvalue weighted by atomic mass is 9.94. The lowest BCUT2D eigenvalue weighted by Crippen LogP contribution is -2.33. The Hall–Kier alpha value is -0.340. The van der Waals surface area contributed by atoms with Crippen LogP contribution < -0.4 is 0 Å². The summed E-state index contributed by atoms with van der Waals surface area (Å²) in [5.41, 5.74) is -0.430. The molecule has 1 unspecified atom stereocenters. The van der Waals surface area contributed by atoms with Gasteiger partial charge in [-0.25, -0.2) is 0 Å². The van der Waals surface area contributed by atoms with E-state index in [9.17, 15) is 5.11 Å². The van der Waals surface area contributed by atoms with Crippen LogP contribution in [-0.2, 0) is 4.74 Å². The molecule has 0 aromatic heterocycles. The second-order valence-corrected chi connectivity index (χ2v) is 7.00. The normalized spacial score (nSPS) is 15.1. The summed E-state index contributed by atoms with van der Waals surface area (Å²) in [6.45, 7) is 13.0. The number of hydrogen-bond donors (Lipinski definition) is 1. The van der Waals surface area contributed by atoms with Gasteiger partial charge in [-0.15, -0.1) is 6.58 Å². The maximum absolute atomic E-state index is 9.27. The van der Waals surface area contributed by atoms with Gasteiger partial charge in [0.05, 0.1) is 18.8 Å². The van der Waals surface area contributed by atoms with Crippen molar-refractivity contribution in [2.75, 3.05) is 13.2 Å². The van der Waals surface area contributed by atoms with Crippen molar-refractivity contribution in [1.82, 2.24) is 0 Å². The van der Waals surface area contributed by atoms with Crippen LogP contribution >= 0.6 is 0 Å². The molecule has 0 aromatic carbocycles. The molecule has 0 rings (SSSR count). The largest absolute Gasteiger partial charge is 0.396 e. The van der Waals surface area contributed by atoms with Crippen molar-refractivity contribution in [2.45, 2.75) is 84.7 Å². The third-order valence-electron chi connectivity index (χ3n) is 3.93. The zero-order chi connectivity index (χ0) is 15.5. The molecule has 0 aromatic rings. The Labute approximate surface area is 126 Å². The molecular formula is C18H36O2. The summed E-state index contributed by atoms with van der Waals surface area (Å²) in [5, 5.41) is 9.27. The van der Waals surface area contributed by atoms with Gasteiger partial charge in [0.1, 0.15) is 0 Å². The van der Waals surface area contributed by atoms with E-state index in [1.54, 1.807) is 0 Å². The van der Waals surface area contributed by atoms with Gasteiger partial charge in [-0.1, -0.05) is 71.8 Å². The second kappa shape index (κ2) is 10.4. The van der Waals surface area contributed by atoms with Gasteiger partial charge in [0.15, 0.2) is 0 Å². The van der Waals surface area contributed by atoms with Gasteiger partial charge in [-0.2, -0.15) is 0 Å². The average Bonchev–Trinajstić information content (AvgIpc) is 2.44. The fourth-order valence-electron chi connectivity index (χ4n) is 2.07. The van der Waals surface area contributed by atoms with Crippen molar-refractivity contribution < 1.29 is 9.84 Å². The first-order valence-electron chi connectivity index (χ1n) is 8.27. The summed E-state index contributed by atoms with van der Waals surface area (Å²) in [6, 6.07) is 0. The molecule has 0 aliphatic carbocycles. The van der Waals surface area contributed by atoms with Crippen molar-refractivity contribution in [2.24, 2.45) is 5.41 Å². The molecule has 0 saturated heterocycles. The molecule has 1 N–H and O–H groups in total. The van der Waals surface area contributed by atoms with Crippen LogP contribution in [0.4, 0.5) is 0 Å². The first kappa shape index (κ1) is 19.7. The summed E-state index contributed by atoms with van der Waals surface area (Å²) < 4.78 is 6.00. The zero-order valence-corrected chi connectivity index (χ0v) is 14.2. The molecule has 0 saturated carbocycles. The summed E-state index contributed by atoms with van der Waals surface area (Å²) in [7, 11) is 0. The number of ether oxygens (including phenoxy) is 1. The predicted octanol–water partition coefficient (Wildman–Crippen LogP) is 5.11. The van der Waals surface area contributed by atoms with Gasteiger partial charge >= 0.3 is 0 Å². The molecule has 0 spiro atoms. The van der Waals surface area contributed by atoms with E-state index in [4.69, 9.17) is 4.74 Å². The van der Waals surface area contributed by atoms with Crippen LogP contribution in [0.2, 0.25) is 0 Å². The van der Waals surface area contributed by atoms with Crippen molar-refractivity contribution in [3.05, 3.63) is 12.7 Å². The fourth-order valence-corrected chi connectivity index (χ4v) is 2.07. The van der Waals surface area contributed by atoms with Crippen molar-refractivity contribution in [3.63, 3.8) is 0 Å². The highest BCUT2D eigenvalue weighted by Gasteiger charge is 2.25.